The first-order chi connectivity index (χ1) is 8.56. The van der Waals surface area contributed by atoms with Gasteiger partial charge in [-0.1, -0.05) is 11.3 Å². The summed E-state index contributed by atoms with van der Waals surface area (Å²) < 4.78 is 1.71. The summed E-state index contributed by atoms with van der Waals surface area (Å²) in [6.45, 7) is 2.44. The van der Waals surface area contributed by atoms with E-state index in [0.29, 0.717) is 6.54 Å². The standard InChI is InChI=1S/C12H11NO3S2/c1-8-7-17-12(16)13(8)6-10-3-2-9(18-10)4-5-11(14)15/h2-5,7H,6H2,1H3,(H,14,15). The van der Waals surface area contributed by atoms with Crippen molar-refractivity contribution in [2.75, 3.05) is 0 Å². The Morgan fingerprint density at radius 3 is 2.89 bits per heavy atom. The van der Waals surface area contributed by atoms with Gasteiger partial charge in [0.1, 0.15) is 0 Å². The molecule has 2 rings (SSSR count). The fourth-order valence-electron chi connectivity index (χ4n) is 1.47. The molecule has 2 heterocycles. The second-order valence-corrected chi connectivity index (χ2v) is 5.73. The SMILES string of the molecule is Cc1csc(=O)n1Cc1ccc(C=CC(=O)O)s1. The van der Waals surface area contributed by atoms with Crippen molar-refractivity contribution in [2.24, 2.45) is 0 Å². The lowest BCUT2D eigenvalue weighted by Gasteiger charge is -2.00. The monoisotopic (exact) mass is 281 g/mol. The van der Waals surface area contributed by atoms with Crippen LogP contribution in [0.1, 0.15) is 15.4 Å². The fourth-order valence-corrected chi connectivity index (χ4v) is 3.11. The zero-order chi connectivity index (χ0) is 13.1. The molecule has 0 radical (unpaired) electrons. The van der Waals surface area contributed by atoms with E-state index in [1.54, 1.807) is 10.6 Å². The number of thiazole rings is 1. The number of carboxylic acids is 1. The van der Waals surface area contributed by atoms with E-state index in [1.165, 1.54) is 22.7 Å². The van der Waals surface area contributed by atoms with Crippen molar-refractivity contribution in [3.63, 3.8) is 0 Å². The third-order valence-electron chi connectivity index (χ3n) is 2.36. The Hall–Kier alpha value is -1.66. The molecule has 0 aliphatic heterocycles. The van der Waals surface area contributed by atoms with Gasteiger partial charge >= 0.3 is 10.8 Å². The van der Waals surface area contributed by atoms with Crippen molar-refractivity contribution in [1.82, 2.24) is 4.57 Å². The number of rotatable bonds is 4. The van der Waals surface area contributed by atoms with Crippen molar-refractivity contribution < 1.29 is 9.90 Å². The zero-order valence-electron chi connectivity index (χ0n) is 9.62. The van der Waals surface area contributed by atoms with Gasteiger partial charge in [0.05, 0.1) is 6.54 Å². The Bertz CT molecular complexity index is 648. The lowest BCUT2D eigenvalue weighted by molar-refractivity contribution is -0.131. The molecule has 0 saturated carbocycles. The minimum atomic E-state index is -0.963. The minimum absolute atomic E-state index is 0.0310. The maximum Gasteiger partial charge on any atom is 0.328 e. The highest BCUT2D eigenvalue weighted by atomic mass is 32.1. The fraction of sp³-hybridized carbons (Fsp3) is 0.167. The topological polar surface area (TPSA) is 59.3 Å². The summed E-state index contributed by atoms with van der Waals surface area (Å²) in [7, 11) is 0. The largest absolute Gasteiger partial charge is 0.478 e. The second-order valence-electron chi connectivity index (χ2n) is 3.70. The summed E-state index contributed by atoms with van der Waals surface area (Å²) in [6.07, 6.45) is 2.66. The summed E-state index contributed by atoms with van der Waals surface area (Å²) in [5, 5.41) is 10.4. The van der Waals surface area contributed by atoms with Crippen molar-refractivity contribution >= 4 is 34.7 Å². The molecule has 0 amide bonds. The Labute approximate surface area is 111 Å². The molecular weight excluding hydrogens is 270 g/mol. The first kappa shape index (κ1) is 12.8. The molecule has 0 aromatic carbocycles. The number of thiophene rings is 1. The highest BCUT2D eigenvalue weighted by Gasteiger charge is 2.05. The lowest BCUT2D eigenvalue weighted by atomic mass is 10.4. The first-order valence-electron chi connectivity index (χ1n) is 5.21. The molecule has 0 saturated heterocycles. The van der Waals surface area contributed by atoms with Crippen LogP contribution in [-0.4, -0.2) is 15.6 Å². The van der Waals surface area contributed by atoms with E-state index in [0.717, 1.165) is 21.5 Å². The summed E-state index contributed by atoms with van der Waals surface area (Å²) in [6, 6.07) is 3.77. The normalized spacial score (nSPS) is 11.2. The van der Waals surface area contributed by atoms with Crippen LogP contribution < -0.4 is 4.87 Å². The predicted octanol–water partition coefficient (Wildman–Crippen LogP) is 2.43. The van der Waals surface area contributed by atoms with Crippen molar-refractivity contribution in [2.45, 2.75) is 13.5 Å². The molecule has 2 aromatic rings. The Kier molecular flexibility index (Phi) is 3.78. The summed E-state index contributed by atoms with van der Waals surface area (Å²) in [4.78, 5) is 23.9. The van der Waals surface area contributed by atoms with Crippen LogP contribution in [0.2, 0.25) is 0 Å². The maximum atomic E-state index is 11.6. The van der Waals surface area contributed by atoms with Gasteiger partial charge in [-0.05, 0) is 25.1 Å². The summed E-state index contributed by atoms with van der Waals surface area (Å²) in [5.74, 6) is -0.963. The van der Waals surface area contributed by atoms with E-state index >= 15 is 0 Å². The molecule has 0 atom stereocenters. The van der Waals surface area contributed by atoms with Crippen LogP contribution in [0.25, 0.3) is 6.08 Å². The number of aromatic nitrogens is 1. The zero-order valence-corrected chi connectivity index (χ0v) is 11.3. The molecule has 0 bridgehead atoms. The number of hydrogen-bond acceptors (Lipinski definition) is 4. The highest BCUT2D eigenvalue weighted by Crippen LogP contribution is 2.19. The molecule has 0 unspecified atom stereocenters. The van der Waals surface area contributed by atoms with Crippen LogP contribution in [0, 0.1) is 6.92 Å². The highest BCUT2D eigenvalue weighted by molar-refractivity contribution is 7.12. The number of carboxylic acid groups (broad SMARTS) is 1. The quantitative estimate of drug-likeness (QED) is 0.876. The molecule has 0 aliphatic rings. The number of aliphatic carboxylic acids is 1. The van der Waals surface area contributed by atoms with Crippen LogP contribution in [0.5, 0.6) is 0 Å². The minimum Gasteiger partial charge on any atom is -0.478 e. The molecule has 2 aromatic heterocycles. The Balaban J connectivity index is 2.17. The second kappa shape index (κ2) is 5.32. The number of nitrogens with zero attached hydrogens (tertiary/aromatic N) is 1. The van der Waals surface area contributed by atoms with E-state index in [-0.39, 0.29) is 4.87 Å². The number of hydrogen-bond donors (Lipinski definition) is 1. The average Bonchev–Trinajstić information content (AvgIpc) is 2.88. The molecule has 4 nitrogen and oxygen atoms in total. The van der Waals surface area contributed by atoms with Crippen LogP contribution in [0.3, 0.4) is 0 Å². The van der Waals surface area contributed by atoms with Crippen molar-refractivity contribution in [3.05, 3.63) is 48.7 Å². The van der Waals surface area contributed by atoms with Gasteiger partial charge in [0.25, 0.3) is 0 Å². The number of carbonyl (C=O) groups is 1. The lowest BCUT2D eigenvalue weighted by Crippen LogP contribution is -2.14. The van der Waals surface area contributed by atoms with Gasteiger partial charge < -0.3 is 5.11 Å². The van der Waals surface area contributed by atoms with Gasteiger partial charge in [0.15, 0.2) is 0 Å². The predicted molar refractivity (Wildman–Crippen MR) is 73.4 cm³/mol. The molecule has 94 valence electrons. The van der Waals surface area contributed by atoms with Crippen LogP contribution in [0.15, 0.2) is 28.4 Å². The van der Waals surface area contributed by atoms with Crippen LogP contribution in [-0.2, 0) is 11.3 Å². The van der Waals surface area contributed by atoms with E-state index in [2.05, 4.69) is 0 Å². The molecular formula is C12H11NO3S2. The van der Waals surface area contributed by atoms with E-state index < -0.39 is 5.97 Å². The molecule has 18 heavy (non-hydrogen) atoms. The average molecular weight is 281 g/mol. The van der Waals surface area contributed by atoms with E-state index in [4.69, 9.17) is 5.11 Å². The van der Waals surface area contributed by atoms with Gasteiger partial charge in [0.2, 0.25) is 0 Å². The van der Waals surface area contributed by atoms with Gasteiger partial charge in [-0.3, -0.25) is 9.36 Å². The molecule has 6 heteroatoms. The van der Waals surface area contributed by atoms with Gasteiger partial charge in [-0.25, -0.2) is 4.79 Å². The van der Waals surface area contributed by atoms with Crippen molar-refractivity contribution in [3.8, 4) is 0 Å². The third kappa shape index (κ3) is 2.96. The summed E-state index contributed by atoms with van der Waals surface area (Å²) in [5.41, 5.74) is 0.945. The maximum absolute atomic E-state index is 11.6. The van der Waals surface area contributed by atoms with Crippen LogP contribution in [0.4, 0.5) is 0 Å². The van der Waals surface area contributed by atoms with E-state index in [9.17, 15) is 9.59 Å². The Morgan fingerprint density at radius 1 is 1.50 bits per heavy atom. The smallest absolute Gasteiger partial charge is 0.328 e. The summed E-state index contributed by atoms with van der Waals surface area (Å²) >= 11 is 2.68. The van der Waals surface area contributed by atoms with Gasteiger partial charge in [0, 0.05) is 26.9 Å². The molecule has 0 fully saturated rings. The van der Waals surface area contributed by atoms with Gasteiger partial charge in [-0.15, -0.1) is 11.3 Å². The molecule has 1 N–H and O–H groups in total. The Morgan fingerprint density at radius 2 is 2.28 bits per heavy atom. The number of aryl methyl sites for hydroxylation is 1. The first-order valence-corrected chi connectivity index (χ1v) is 6.90. The molecule has 0 aliphatic carbocycles. The van der Waals surface area contributed by atoms with Crippen LogP contribution >= 0.6 is 22.7 Å². The van der Waals surface area contributed by atoms with Gasteiger partial charge in [-0.2, -0.15) is 0 Å². The van der Waals surface area contributed by atoms with Crippen molar-refractivity contribution in [1.29, 1.82) is 0 Å². The molecule has 0 spiro atoms. The van der Waals surface area contributed by atoms with E-state index in [1.807, 2.05) is 24.4 Å². The third-order valence-corrected chi connectivity index (χ3v) is 4.28.